The molecule has 0 aliphatic carbocycles. The lowest BCUT2D eigenvalue weighted by molar-refractivity contribution is -0.702. The highest BCUT2D eigenvalue weighted by molar-refractivity contribution is 6.76. The van der Waals surface area contributed by atoms with Crippen molar-refractivity contribution in [3.8, 4) is 11.8 Å². The number of nitrogens with zero attached hydrogens (tertiary/aromatic N) is 2. The Morgan fingerprint density at radius 1 is 1.09 bits per heavy atom. The van der Waals surface area contributed by atoms with Crippen molar-refractivity contribution in [2.45, 2.75) is 91.1 Å². The number of imidazole rings is 1. The molecule has 0 amide bonds. The SMILES string of the molecule is CCCCCC#CCn1cc[n+](CCCC[Si](C)(C)C)c1C.[I-]. The minimum absolute atomic E-state index is 0. The summed E-state index contributed by atoms with van der Waals surface area (Å²) in [4.78, 5) is 0. The van der Waals surface area contributed by atoms with Gasteiger partial charge in [-0.25, -0.2) is 9.13 Å². The van der Waals surface area contributed by atoms with E-state index in [2.05, 4.69) is 66.9 Å². The van der Waals surface area contributed by atoms with Crippen LogP contribution in [0.4, 0.5) is 0 Å². The molecule has 1 aromatic heterocycles. The van der Waals surface area contributed by atoms with Crippen LogP contribution in [-0.4, -0.2) is 12.6 Å². The van der Waals surface area contributed by atoms with Gasteiger partial charge in [0.1, 0.15) is 12.4 Å². The molecule has 0 unspecified atom stereocenters. The van der Waals surface area contributed by atoms with Gasteiger partial charge in [0.15, 0.2) is 6.54 Å². The predicted molar refractivity (Wildman–Crippen MR) is 98.7 cm³/mol. The van der Waals surface area contributed by atoms with Crippen LogP contribution in [0.3, 0.4) is 0 Å². The smallest absolute Gasteiger partial charge is 0.254 e. The Morgan fingerprint density at radius 2 is 1.83 bits per heavy atom. The second-order valence-electron chi connectivity index (χ2n) is 7.50. The van der Waals surface area contributed by atoms with Gasteiger partial charge in [0.05, 0.1) is 6.54 Å². The van der Waals surface area contributed by atoms with Gasteiger partial charge in [0.25, 0.3) is 5.82 Å². The number of rotatable bonds is 9. The van der Waals surface area contributed by atoms with Crippen molar-refractivity contribution >= 4 is 8.07 Å². The molecule has 0 aromatic carbocycles. The van der Waals surface area contributed by atoms with Crippen LogP contribution in [0.25, 0.3) is 0 Å². The largest absolute Gasteiger partial charge is 1.00 e. The summed E-state index contributed by atoms with van der Waals surface area (Å²) in [7, 11) is -0.868. The molecular formula is C19H35IN2Si. The van der Waals surface area contributed by atoms with Crippen LogP contribution in [0.2, 0.25) is 25.7 Å². The van der Waals surface area contributed by atoms with Gasteiger partial charge >= 0.3 is 0 Å². The fraction of sp³-hybridized carbons (Fsp3) is 0.737. The summed E-state index contributed by atoms with van der Waals surface area (Å²) in [5.74, 6) is 7.94. The summed E-state index contributed by atoms with van der Waals surface area (Å²) in [5.41, 5.74) is 0. The number of halogens is 1. The zero-order valence-corrected chi connectivity index (χ0v) is 18.9. The average molecular weight is 446 g/mol. The molecule has 0 atom stereocenters. The zero-order chi connectivity index (χ0) is 16.4. The molecule has 0 bridgehead atoms. The highest BCUT2D eigenvalue weighted by atomic mass is 127. The summed E-state index contributed by atoms with van der Waals surface area (Å²) in [6.45, 7) is 13.8. The molecule has 1 heterocycles. The Kier molecular flexibility index (Phi) is 12.0. The second kappa shape index (κ2) is 12.1. The first-order valence-electron chi connectivity index (χ1n) is 8.95. The molecule has 0 fully saturated rings. The lowest BCUT2D eigenvalue weighted by atomic mass is 10.2. The van der Waals surface area contributed by atoms with Gasteiger partial charge in [-0.15, -0.1) is 0 Å². The molecule has 0 aliphatic rings. The third kappa shape index (κ3) is 10.2. The Bertz CT molecular complexity index is 492. The van der Waals surface area contributed by atoms with Crippen molar-refractivity contribution in [3.05, 3.63) is 18.2 Å². The van der Waals surface area contributed by atoms with Crippen molar-refractivity contribution < 1.29 is 28.5 Å². The first-order chi connectivity index (χ1) is 10.4. The van der Waals surface area contributed by atoms with Crippen molar-refractivity contribution in [1.29, 1.82) is 0 Å². The van der Waals surface area contributed by atoms with Crippen LogP contribution >= 0.6 is 0 Å². The molecule has 0 saturated heterocycles. The number of hydrogen-bond donors (Lipinski definition) is 0. The molecule has 0 N–H and O–H groups in total. The minimum atomic E-state index is -0.868. The topological polar surface area (TPSA) is 8.81 Å². The van der Waals surface area contributed by atoms with Gasteiger partial charge in [-0.05, 0) is 12.8 Å². The Labute approximate surface area is 162 Å². The molecule has 0 spiro atoms. The zero-order valence-electron chi connectivity index (χ0n) is 15.8. The maximum atomic E-state index is 3.31. The van der Waals surface area contributed by atoms with E-state index in [1.165, 1.54) is 44.0 Å². The Morgan fingerprint density at radius 3 is 2.48 bits per heavy atom. The lowest BCUT2D eigenvalue weighted by Gasteiger charge is -2.14. The summed E-state index contributed by atoms with van der Waals surface area (Å²) < 4.78 is 4.65. The van der Waals surface area contributed by atoms with Crippen LogP contribution in [0.15, 0.2) is 12.4 Å². The van der Waals surface area contributed by atoms with Crippen molar-refractivity contribution in [2.75, 3.05) is 0 Å². The van der Waals surface area contributed by atoms with Crippen LogP contribution in [-0.2, 0) is 13.1 Å². The van der Waals surface area contributed by atoms with Crippen molar-refractivity contribution in [1.82, 2.24) is 4.57 Å². The van der Waals surface area contributed by atoms with E-state index in [1.54, 1.807) is 0 Å². The van der Waals surface area contributed by atoms with Gasteiger partial charge in [-0.3, -0.25) is 0 Å². The van der Waals surface area contributed by atoms with E-state index >= 15 is 0 Å². The van der Waals surface area contributed by atoms with Crippen LogP contribution < -0.4 is 28.5 Å². The molecule has 0 radical (unpaired) electrons. The molecule has 1 aromatic rings. The average Bonchev–Trinajstić information content (AvgIpc) is 2.79. The molecule has 1 rings (SSSR count). The van der Waals surface area contributed by atoms with E-state index in [-0.39, 0.29) is 24.0 Å². The van der Waals surface area contributed by atoms with Gasteiger partial charge in [-0.2, -0.15) is 0 Å². The third-order valence-electron chi connectivity index (χ3n) is 4.11. The van der Waals surface area contributed by atoms with Gasteiger partial charge in [-0.1, -0.05) is 63.7 Å². The normalized spacial score (nSPS) is 10.8. The lowest BCUT2D eigenvalue weighted by Crippen LogP contribution is -3.00. The fourth-order valence-electron chi connectivity index (χ4n) is 2.58. The van der Waals surface area contributed by atoms with Crippen LogP contribution in [0.1, 0.15) is 51.3 Å². The Hall–Kier alpha value is -0.283. The van der Waals surface area contributed by atoms with E-state index in [1.807, 2.05) is 0 Å². The van der Waals surface area contributed by atoms with E-state index in [4.69, 9.17) is 0 Å². The minimum Gasteiger partial charge on any atom is -1.00 e. The molecule has 0 aliphatic heterocycles. The molecule has 132 valence electrons. The van der Waals surface area contributed by atoms with Crippen LogP contribution in [0, 0.1) is 18.8 Å². The summed E-state index contributed by atoms with van der Waals surface area (Å²) >= 11 is 0. The number of aromatic nitrogens is 2. The summed E-state index contributed by atoms with van der Waals surface area (Å²) in [6, 6.07) is 1.44. The number of unbranched alkanes of at least 4 members (excludes halogenated alkanes) is 4. The monoisotopic (exact) mass is 446 g/mol. The third-order valence-corrected chi connectivity index (χ3v) is 5.97. The molecule has 4 heteroatoms. The Balaban J connectivity index is 0.00000484. The maximum Gasteiger partial charge on any atom is 0.254 e. The molecule has 2 nitrogen and oxygen atoms in total. The van der Waals surface area contributed by atoms with E-state index in [9.17, 15) is 0 Å². The molecular weight excluding hydrogens is 411 g/mol. The first kappa shape index (κ1) is 22.7. The second-order valence-corrected chi connectivity index (χ2v) is 13.1. The maximum absolute atomic E-state index is 3.31. The highest BCUT2D eigenvalue weighted by Gasteiger charge is 2.14. The van der Waals surface area contributed by atoms with E-state index < -0.39 is 8.07 Å². The predicted octanol–water partition coefficient (Wildman–Crippen LogP) is 1.79. The van der Waals surface area contributed by atoms with Gasteiger partial charge < -0.3 is 24.0 Å². The molecule has 0 saturated carbocycles. The van der Waals surface area contributed by atoms with E-state index in [0.29, 0.717) is 0 Å². The van der Waals surface area contributed by atoms with Crippen LogP contribution in [0.5, 0.6) is 0 Å². The van der Waals surface area contributed by atoms with Gasteiger partial charge in [0.2, 0.25) is 0 Å². The molecule has 23 heavy (non-hydrogen) atoms. The number of aryl methyl sites for hydroxylation is 1. The summed E-state index contributed by atoms with van der Waals surface area (Å²) in [5, 5.41) is 0. The standard InChI is InChI=1S/C19H35N2Si.HI/c1-6-7-8-9-10-11-14-20-16-17-21(19(20)2)15-12-13-18-22(3,4)5;/h16-17H,6-9,12-15,18H2,1-5H3;1H/q+1;/p-1. The fourth-order valence-corrected chi connectivity index (χ4v) is 3.89. The highest BCUT2D eigenvalue weighted by Crippen LogP contribution is 2.12. The first-order valence-corrected chi connectivity index (χ1v) is 12.7. The quantitative estimate of drug-likeness (QED) is 0.180. The van der Waals surface area contributed by atoms with Gasteiger partial charge in [0, 0.05) is 21.4 Å². The van der Waals surface area contributed by atoms with Crippen molar-refractivity contribution in [2.24, 2.45) is 0 Å². The van der Waals surface area contributed by atoms with E-state index in [0.717, 1.165) is 19.5 Å². The van der Waals surface area contributed by atoms with Crippen molar-refractivity contribution in [3.63, 3.8) is 0 Å². The summed E-state index contributed by atoms with van der Waals surface area (Å²) in [6.07, 6.45) is 11.9. The number of hydrogen-bond acceptors (Lipinski definition) is 0.